The van der Waals surface area contributed by atoms with E-state index >= 15 is 0 Å². The molecule has 110 valence electrons. The highest BCUT2D eigenvalue weighted by Gasteiger charge is 2.10. The Morgan fingerprint density at radius 2 is 1.86 bits per heavy atom. The summed E-state index contributed by atoms with van der Waals surface area (Å²) in [6.45, 7) is -0.692. The molecule has 0 aliphatic heterocycles. The molecule has 0 aliphatic carbocycles. The molecule has 0 saturated heterocycles. The number of benzene rings is 1. The lowest BCUT2D eigenvalue weighted by Crippen LogP contribution is -2.34. The van der Waals surface area contributed by atoms with Crippen LogP contribution in [0.1, 0.15) is 10.4 Å². The van der Waals surface area contributed by atoms with E-state index in [1.165, 1.54) is 0 Å². The first kappa shape index (κ1) is 16.7. The molecule has 1 aromatic carbocycles. The van der Waals surface area contributed by atoms with E-state index in [-0.39, 0.29) is 13.1 Å². The van der Waals surface area contributed by atoms with Gasteiger partial charge in [-0.25, -0.2) is 0 Å². The fourth-order valence-electron chi connectivity index (χ4n) is 1.25. The molecular formula is C14H13BrN2O4. The van der Waals surface area contributed by atoms with Gasteiger partial charge in [-0.2, -0.15) is 0 Å². The second-order valence-electron chi connectivity index (χ2n) is 3.83. The number of esters is 1. The molecule has 0 heterocycles. The lowest BCUT2D eigenvalue weighted by molar-refractivity contribution is -0.147. The quantitative estimate of drug-likeness (QED) is 0.575. The van der Waals surface area contributed by atoms with E-state index < -0.39 is 24.4 Å². The number of terminal acetylenes is 1. The van der Waals surface area contributed by atoms with Crippen LogP contribution in [0.15, 0.2) is 28.7 Å². The van der Waals surface area contributed by atoms with Crippen molar-refractivity contribution in [2.75, 3.05) is 19.7 Å². The van der Waals surface area contributed by atoms with Gasteiger partial charge in [0.2, 0.25) is 0 Å². The Kier molecular flexibility index (Phi) is 6.98. The van der Waals surface area contributed by atoms with Gasteiger partial charge in [-0.3, -0.25) is 14.4 Å². The predicted molar refractivity (Wildman–Crippen MR) is 79.3 cm³/mol. The summed E-state index contributed by atoms with van der Waals surface area (Å²) in [5.74, 6) is 0.598. The van der Waals surface area contributed by atoms with Crippen molar-refractivity contribution in [2.45, 2.75) is 0 Å². The summed E-state index contributed by atoms with van der Waals surface area (Å²) in [7, 11) is 0. The normalized spacial score (nSPS) is 9.33. The lowest BCUT2D eigenvalue weighted by atomic mass is 10.2. The molecule has 2 amide bonds. The molecule has 0 radical (unpaired) electrons. The van der Waals surface area contributed by atoms with Crippen molar-refractivity contribution in [1.29, 1.82) is 0 Å². The molecule has 2 N–H and O–H groups in total. The number of ether oxygens (including phenoxy) is 1. The van der Waals surface area contributed by atoms with Crippen LogP contribution >= 0.6 is 15.9 Å². The van der Waals surface area contributed by atoms with Gasteiger partial charge < -0.3 is 15.4 Å². The van der Waals surface area contributed by atoms with Crippen molar-refractivity contribution in [3.63, 3.8) is 0 Å². The molecule has 1 aromatic rings. The molecule has 0 aromatic heterocycles. The van der Waals surface area contributed by atoms with Crippen LogP contribution in [-0.4, -0.2) is 37.5 Å². The standard InChI is InChI=1S/C14H13BrN2O4/c1-2-7-16-12(18)9-21-13(19)8-17-14(20)10-3-5-11(15)6-4-10/h1,3-6H,7-9H2,(H,16,18)(H,17,20). The van der Waals surface area contributed by atoms with E-state index in [4.69, 9.17) is 6.42 Å². The predicted octanol–water partition coefficient (Wildman–Crippen LogP) is 0.472. The Balaban J connectivity index is 2.30. The molecule has 0 fully saturated rings. The third kappa shape index (κ3) is 6.58. The Morgan fingerprint density at radius 1 is 1.19 bits per heavy atom. The van der Waals surface area contributed by atoms with Crippen LogP contribution in [0.2, 0.25) is 0 Å². The average molecular weight is 353 g/mol. The summed E-state index contributed by atoms with van der Waals surface area (Å²) in [5.41, 5.74) is 0.415. The third-order valence-corrected chi connectivity index (χ3v) is 2.78. The topological polar surface area (TPSA) is 84.5 Å². The average Bonchev–Trinajstić information content (AvgIpc) is 2.49. The number of hydrogen-bond acceptors (Lipinski definition) is 4. The smallest absolute Gasteiger partial charge is 0.325 e. The van der Waals surface area contributed by atoms with Gasteiger partial charge in [0, 0.05) is 10.0 Å². The summed E-state index contributed by atoms with van der Waals surface area (Å²) in [4.78, 5) is 34.2. The Bertz CT molecular complexity index is 563. The van der Waals surface area contributed by atoms with Gasteiger partial charge in [-0.15, -0.1) is 6.42 Å². The Hall–Kier alpha value is -2.33. The highest BCUT2D eigenvalue weighted by Crippen LogP contribution is 2.10. The summed E-state index contributed by atoms with van der Waals surface area (Å²) in [6, 6.07) is 6.64. The zero-order valence-corrected chi connectivity index (χ0v) is 12.6. The van der Waals surface area contributed by atoms with Crippen LogP contribution in [0.5, 0.6) is 0 Å². The minimum Gasteiger partial charge on any atom is -0.454 e. The van der Waals surface area contributed by atoms with Crippen LogP contribution in [0.25, 0.3) is 0 Å². The largest absolute Gasteiger partial charge is 0.454 e. The van der Waals surface area contributed by atoms with Crippen molar-refractivity contribution in [3.8, 4) is 12.3 Å². The zero-order chi connectivity index (χ0) is 15.7. The summed E-state index contributed by atoms with van der Waals surface area (Å²) in [6.07, 6.45) is 4.96. The highest BCUT2D eigenvalue weighted by atomic mass is 79.9. The number of hydrogen-bond donors (Lipinski definition) is 2. The Morgan fingerprint density at radius 3 is 2.48 bits per heavy atom. The van der Waals surface area contributed by atoms with Crippen molar-refractivity contribution in [2.24, 2.45) is 0 Å². The van der Waals surface area contributed by atoms with Gasteiger partial charge in [0.25, 0.3) is 11.8 Å². The maximum absolute atomic E-state index is 11.7. The molecule has 0 unspecified atom stereocenters. The van der Waals surface area contributed by atoms with Crippen molar-refractivity contribution >= 4 is 33.7 Å². The molecule has 0 atom stereocenters. The van der Waals surface area contributed by atoms with E-state index in [0.717, 1.165) is 4.47 Å². The van der Waals surface area contributed by atoms with E-state index in [1.807, 2.05) is 0 Å². The van der Waals surface area contributed by atoms with Crippen molar-refractivity contribution in [1.82, 2.24) is 10.6 Å². The molecule has 0 saturated carbocycles. The minimum atomic E-state index is -0.712. The Labute approximate surface area is 130 Å². The fourth-order valence-corrected chi connectivity index (χ4v) is 1.52. The van der Waals surface area contributed by atoms with Gasteiger partial charge in [-0.1, -0.05) is 21.9 Å². The molecular weight excluding hydrogens is 340 g/mol. The summed E-state index contributed by atoms with van der Waals surface area (Å²) >= 11 is 3.25. The van der Waals surface area contributed by atoms with E-state index in [0.29, 0.717) is 5.56 Å². The fraction of sp³-hybridized carbons (Fsp3) is 0.214. The van der Waals surface area contributed by atoms with E-state index in [1.54, 1.807) is 24.3 Å². The second kappa shape index (κ2) is 8.76. The van der Waals surface area contributed by atoms with E-state index in [9.17, 15) is 14.4 Å². The molecule has 7 heteroatoms. The minimum absolute atomic E-state index is 0.0662. The first-order chi connectivity index (χ1) is 10.0. The number of nitrogens with one attached hydrogen (secondary N) is 2. The van der Waals surface area contributed by atoms with Crippen LogP contribution in [0.3, 0.4) is 0 Å². The number of carbonyl (C=O) groups excluding carboxylic acids is 3. The van der Waals surface area contributed by atoms with E-state index in [2.05, 4.69) is 37.2 Å². The van der Waals surface area contributed by atoms with Gasteiger partial charge >= 0.3 is 5.97 Å². The highest BCUT2D eigenvalue weighted by molar-refractivity contribution is 9.10. The molecule has 6 nitrogen and oxygen atoms in total. The maximum Gasteiger partial charge on any atom is 0.325 e. The SMILES string of the molecule is C#CCNC(=O)COC(=O)CNC(=O)c1ccc(Br)cc1. The maximum atomic E-state index is 11.7. The zero-order valence-electron chi connectivity index (χ0n) is 11.0. The van der Waals surface area contributed by atoms with Gasteiger partial charge in [0.05, 0.1) is 6.54 Å². The second-order valence-corrected chi connectivity index (χ2v) is 4.75. The lowest BCUT2D eigenvalue weighted by Gasteiger charge is -2.06. The molecule has 0 bridgehead atoms. The van der Waals surface area contributed by atoms with Gasteiger partial charge in [0.1, 0.15) is 6.54 Å². The number of rotatable bonds is 6. The first-order valence-corrected chi connectivity index (χ1v) is 6.71. The van der Waals surface area contributed by atoms with Crippen molar-refractivity contribution in [3.05, 3.63) is 34.3 Å². The first-order valence-electron chi connectivity index (χ1n) is 5.92. The van der Waals surface area contributed by atoms with Crippen molar-refractivity contribution < 1.29 is 19.1 Å². The van der Waals surface area contributed by atoms with Crippen LogP contribution in [-0.2, 0) is 14.3 Å². The molecule has 21 heavy (non-hydrogen) atoms. The number of carbonyl (C=O) groups is 3. The molecule has 0 spiro atoms. The monoisotopic (exact) mass is 352 g/mol. The summed E-state index contributed by atoms with van der Waals surface area (Å²) < 4.78 is 5.51. The molecule has 0 aliphatic rings. The van der Waals surface area contributed by atoms with Crippen LogP contribution in [0, 0.1) is 12.3 Å². The van der Waals surface area contributed by atoms with Crippen LogP contribution < -0.4 is 10.6 Å². The van der Waals surface area contributed by atoms with Crippen LogP contribution in [0.4, 0.5) is 0 Å². The third-order valence-electron chi connectivity index (χ3n) is 2.25. The van der Waals surface area contributed by atoms with Gasteiger partial charge in [0.15, 0.2) is 6.61 Å². The number of halogens is 1. The van der Waals surface area contributed by atoms with Gasteiger partial charge in [-0.05, 0) is 24.3 Å². The number of amides is 2. The molecule has 1 rings (SSSR count). The summed E-state index contributed by atoms with van der Waals surface area (Å²) in [5, 5.41) is 4.73.